The molecular formula is C16H22BrN3S. The fourth-order valence-electron chi connectivity index (χ4n) is 2.06. The first-order chi connectivity index (χ1) is 9.97. The standard InChI is InChI=1S/C16H22BrN3S/c1-11(2)18-9-13-6-5-7-14(8-13)21-10-15-16(17)12(3)19-20(15)4/h5-8,11,18H,9-10H2,1-4H3. The molecule has 0 aliphatic carbocycles. The average molecular weight is 368 g/mol. The van der Waals surface area contributed by atoms with E-state index in [4.69, 9.17) is 0 Å². The maximum absolute atomic E-state index is 4.44. The van der Waals surface area contributed by atoms with Gasteiger partial charge in [-0.3, -0.25) is 4.68 Å². The number of nitrogens with zero attached hydrogens (tertiary/aromatic N) is 2. The first-order valence-corrected chi connectivity index (χ1v) is 8.88. The Labute approximate surface area is 139 Å². The van der Waals surface area contributed by atoms with Gasteiger partial charge in [-0.05, 0) is 40.5 Å². The van der Waals surface area contributed by atoms with E-state index in [9.17, 15) is 0 Å². The van der Waals surface area contributed by atoms with E-state index in [1.54, 1.807) is 0 Å². The molecule has 2 rings (SSSR count). The summed E-state index contributed by atoms with van der Waals surface area (Å²) in [6, 6.07) is 9.24. The summed E-state index contributed by atoms with van der Waals surface area (Å²) in [6.45, 7) is 7.28. The van der Waals surface area contributed by atoms with Gasteiger partial charge in [0.15, 0.2) is 0 Å². The van der Waals surface area contributed by atoms with Crippen molar-refractivity contribution < 1.29 is 0 Å². The summed E-state index contributed by atoms with van der Waals surface area (Å²) < 4.78 is 3.08. The van der Waals surface area contributed by atoms with Crippen LogP contribution in [0.1, 0.15) is 30.8 Å². The molecule has 1 aromatic heterocycles. The van der Waals surface area contributed by atoms with Gasteiger partial charge in [-0.15, -0.1) is 11.8 Å². The molecule has 3 nitrogen and oxygen atoms in total. The van der Waals surface area contributed by atoms with Crippen LogP contribution in [-0.4, -0.2) is 15.8 Å². The van der Waals surface area contributed by atoms with E-state index in [1.807, 2.05) is 30.4 Å². The zero-order valence-corrected chi connectivity index (χ0v) is 15.4. The number of aryl methyl sites for hydroxylation is 2. The van der Waals surface area contributed by atoms with Crippen molar-refractivity contribution in [2.24, 2.45) is 7.05 Å². The van der Waals surface area contributed by atoms with Crippen LogP contribution in [0.4, 0.5) is 0 Å². The van der Waals surface area contributed by atoms with E-state index < -0.39 is 0 Å². The number of hydrogen-bond acceptors (Lipinski definition) is 3. The zero-order chi connectivity index (χ0) is 15.4. The van der Waals surface area contributed by atoms with Crippen molar-refractivity contribution >= 4 is 27.7 Å². The molecule has 1 N–H and O–H groups in total. The zero-order valence-electron chi connectivity index (χ0n) is 13.0. The van der Waals surface area contributed by atoms with Crippen molar-refractivity contribution in [1.82, 2.24) is 15.1 Å². The molecule has 0 saturated heterocycles. The Kier molecular flexibility index (Phi) is 5.90. The number of nitrogens with one attached hydrogen (secondary N) is 1. The largest absolute Gasteiger partial charge is 0.310 e. The van der Waals surface area contributed by atoms with Gasteiger partial charge in [0.2, 0.25) is 0 Å². The summed E-state index contributed by atoms with van der Waals surface area (Å²) >= 11 is 5.47. The fourth-order valence-corrected chi connectivity index (χ4v) is 3.76. The van der Waals surface area contributed by atoms with Gasteiger partial charge in [0.1, 0.15) is 0 Å². The number of halogens is 1. The lowest BCUT2D eigenvalue weighted by molar-refractivity contribution is 0.588. The smallest absolute Gasteiger partial charge is 0.0738 e. The van der Waals surface area contributed by atoms with Gasteiger partial charge in [-0.1, -0.05) is 26.0 Å². The first kappa shape index (κ1) is 16.6. The number of aromatic nitrogens is 2. The summed E-state index contributed by atoms with van der Waals surface area (Å²) in [6.07, 6.45) is 0. The van der Waals surface area contributed by atoms with Crippen LogP contribution in [0.5, 0.6) is 0 Å². The summed E-state index contributed by atoms with van der Waals surface area (Å²) in [5.74, 6) is 0.916. The Morgan fingerprint density at radius 3 is 2.76 bits per heavy atom. The Morgan fingerprint density at radius 2 is 2.14 bits per heavy atom. The van der Waals surface area contributed by atoms with Crippen LogP contribution in [0.3, 0.4) is 0 Å². The topological polar surface area (TPSA) is 29.9 Å². The highest BCUT2D eigenvalue weighted by Gasteiger charge is 2.10. The molecule has 0 aliphatic rings. The molecule has 1 aromatic carbocycles. The van der Waals surface area contributed by atoms with Crippen LogP contribution in [0, 0.1) is 6.92 Å². The molecule has 114 valence electrons. The highest BCUT2D eigenvalue weighted by molar-refractivity contribution is 9.10. The van der Waals surface area contributed by atoms with E-state index >= 15 is 0 Å². The van der Waals surface area contributed by atoms with Gasteiger partial charge in [0, 0.05) is 30.3 Å². The van der Waals surface area contributed by atoms with Gasteiger partial charge in [-0.2, -0.15) is 5.10 Å². The average Bonchev–Trinajstić information content (AvgIpc) is 2.68. The van der Waals surface area contributed by atoms with Crippen molar-refractivity contribution in [3.8, 4) is 0 Å². The Hall–Kier alpha value is -0.780. The second-order valence-electron chi connectivity index (χ2n) is 5.44. The van der Waals surface area contributed by atoms with Crippen molar-refractivity contribution in [2.45, 2.75) is 44.0 Å². The lowest BCUT2D eigenvalue weighted by Gasteiger charge is -2.09. The SMILES string of the molecule is Cc1nn(C)c(CSc2cccc(CNC(C)C)c2)c1Br. The minimum absolute atomic E-state index is 0.509. The second-order valence-corrected chi connectivity index (χ2v) is 7.28. The molecule has 0 saturated carbocycles. The number of hydrogen-bond donors (Lipinski definition) is 1. The molecule has 0 radical (unpaired) electrons. The highest BCUT2D eigenvalue weighted by Crippen LogP contribution is 2.28. The minimum atomic E-state index is 0.509. The maximum atomic E-state index is 4.44. The fraction of sp³-hybridized carbons (Fsp3) is 0.438. The molecule has 21 heavy (non-hydrogen) atoms. The minimum Gasteiger partial charge on any atom is -0.310 e. The summed E-state index contributed by atoms with van der Waals surface area (Å²) in [7, 11) is 2.00. The predicted molar refractivity (Wildman–Crippen MR) is 93.6 cm³/mol. The highest BCUT2D eigenvalue weighted by atomic mass is 79.9. The van der Waals surface area contributed by atoms with Gasteiger partial charge >= 0.3 is 0 Å². The Balaban J connectivity index is 2.01. The molecule has 0 spiro atoms. The third-order valence-electron chi connectivity index (χ3n) is 3.25. The van der Waals surface area contributed by atoms with Crippen molar-refractivity contribution in [3.05, 3.63) is 45.7 Å². The van der Waals surface area contributed by atoms with Crippen molar-refractivity contribution in [3.63, 3.8) is 0 Å². The van der Waals surface area contributed by atoms with Crippen LogP contribution in [0.2, 0.25) is 0 Å². The Bertz CT molecular complexity index is 608. The molecule has 0 atom stereocenters. The normalized spacial score (nSPS) is 11.3. The number of thioether (sulfide) groups is 1. The van der Waals surface area contributed by atoms with E-state index in [2.05, 4.69) is 64.5 Å². The number of benzene rings is 1. The molecule has 0 amide bonds. The van der Waals surface area contributed by atoms with Crippen molar-refractivity contribution in [2.75, 3.05) is 0 Å². The molecule has 0 bridgehead atoms. The Morgan fingerprint density at radius 1 is 1.38 bits per heavy atom. The van der Waals surface area contributed by atoms with E-state index in [0.29, 0.717) is 6.04 Å². The van der Waals surface area contributed by atoms with Gasteiger partial charge in [-0.25, -0.2) is 0 Å². The molecule has 0 aliphatic heterocycles. The van der Waals surface area contributed by atoms with Crippen molar-refractivity contribution in [1.29, 1.82) is 0 Å². The van der Waals surface area contributed by atoms with Crippen LogP contribution in [0.25, 0.3) is 0 Å². The summed E-state index contributed by atoms with van der Waals surface area (Å²) in [4.78, 5) is 1.30. The van der Waals surface area contributed by atoms with Crippen LogP contribution >= 0.6 is 27.7 Å². The molecular weight excluding hydrogens is 346 g/mol. The van der Waals surface area contributed by atoms with Gasteiger partial charge < -0.3 is 5.32 Å². The lowest BCUT2D eigenvalue weighted by atomic mass is 10.2. The van der Waals surface area contributed by atoms with Gasteiger partial charge in [0.25, 0.3) is 0 Å². The maximum Gasteiger partial charge on any atom is 0.0738 e. The lowest BCUT2D eigenvalue weighted by Crippen LogP contribution is -2.21. The quantitative estimate of drug-likeness (QED) is 0.772. The molecule has 1 heterocycles. The van der Waals surface area contributed by atoms with E-state index in [0.717, 1.165) is 22.5 Å². The third-order valence-corrected chi connectivity index (χ3v) is 5.29. The molecule has 0 unspecified atom stereocenters. The summed E-state index contributed by atoms with van der Waals surface area (Å²) in [5.41, 5.74) is 3.60. The van der Waals surface area contributed by atoms with Crippen LogP contribution in [-0.2, 0) is 19.3 Å². The van der Waals surface area contributed by atoms with Gasteiger partial charge in [0.05, 0.1) is 15.9 Å². The predicted octanol–water partition coefficient (Wildman–Crippen LogP) is 4.28. The second kappa shape index (κ2) is 7.47. The van der Waals surface area contributed by atoms with Crippen LogP contribution in [0.15, 0.2) is 33.6 Å². The monoisotopic (exact) mass is 367 g/mol. The van der Waals surface area contributed by atoms with Crippen LogP contribution < -0.4 is 5.32 Å². The number of rotatable bonds is 6. The third kappa shape index (κ3) is 4.59. The van der Waals surface area contributed by atoms with E-state index in [1.165, 1.54) is 16.2 Å². The molecule has 5 heteroatoms. The molecule has 2 aromatic rings. The van der Waals surface area contributed by atoms with E-state index in [-0.39, 0.29) is 0 Å². The first-order valence-electron chi connectivity index (χ1n) is 7.10. The summed E-state index contributed by atoms with van der Waals surface area (Å²) in [5, 5.41) is 7.89. The molecule has 0 fully saturated rings.